The summed E-state index contributed by atoms with van der Waals surface area (Å²) in [6.07, 6.45) is 1.14. The van der Waals surface area contributed by atoms with Gasteiger partial charge in [0, 0.05) is 17.5 Å². The zero-order valence-corrected chi connectivity index (χ0v) is 23.6. The summed E-state index contributed by atoms with van der Waals surface area (Å²) in [5.41, 5.74) is -5.60. The summed E-state index contributed by atoms with van der Waals surface area (Å²) in [7, 11) is 0. The van der Waals surface area contributed by atoms with Gasteiger partial charge in [-0.15, -0.1) is 0 Å². The van der Waals surface area contributed by atoms with Crippen molar-refractivity contribution in [1.82, 2.24) is 0 Å². The lowest BCUT2D eigenvalue weighted by Gasteiger charge is -2.42. The predicted molar refractivity (Wildman–Crippen MR) is 154 cm³/mol. The first-order valence-corrected chi connectivity index (χ1v) is 14.9. The Morgan fingerprint density at radius 3 is 1.79 bits per heavy atom. The van der Waals surface area contributed by atoms with Gasteiger partial charge in [-0.05, 0) is 39.5 Å². The van der Waals surface area contributed by atoms with Crippen molar-refractivity contribution in [3.63, 3.8) is 0 Å². The van der Waals surface area contributed by atoms with Crippen molar-refractivity contribution in [2.45, 2.75) is 79.1 Å². The number of aliphatic imine (C=N–C) groups is 2. The van der Waals surface area contributed by atoms with Gasteiger partial charge in [0.2, 0.25) is 5.72 Å². The molecule has 39 heavy (non-hydrogen) atoms. The van der Waals surface area contributed by atoms with E-state index in [1.54, 1.807) is 6.92 Å². The van der Waals surface area contributed by atoms with E-state index in [-0.39, 0.29) is 19.3 Å². The van der Waals surface area contributed by atoms with Crippen molar-refractivity contribution in [3.8, 4) is 0 Å². The van der Waals surface area contributed by atoms with E-state index in [0.29, 0.717) is 22.9 Å². The average molecular weight is 571 g/mol. The summed E-state index contributed by atoms with van der Waals surface area (Å²) < 4.78 is 5.44. The summed E-state index contributed by atoms with van der Waals surface area (Å²) in [6, 6.07) is 18.8. The molecule has 6 atom stereocenters. The average Bonchev–Trinajstić information content (AvgIpc) is 3.46. The lowest BCUT2D eigenvalue weighted by molar-refractivity contribution is -0.180. The van der Waals surface area contributed by atoms with Crippen LogP contribution in [0.15, 0.2) is 70.6 Å². The number of aliphatic hydroxyl groups is 4. The van der Waals surface area contributed by atoms with Crippen molar-refractivity contribution in [2.24, 2.45) is 9.98 Å². The first-order chi connectivity index (χ1) is 18.5. The van der Waals surface area contributed by atoms with E-state index in [2.05, 4.69) is 9.98 Å². The summed E-state index contributed by atoms with van der Waals surface area (Å²) in [4.78, 5) is 22.0. The maximum atomic E-state index is 12.8. The Morgan fingerprint density at radius 1 is 0.769 bits per heavy atom. The maximum Gasteiger partial charge on any atom is 0.305 e. The maximum absolute atomic E-state index is 12.8. The highest BCUT2D eigenvalue weighted by molar-refractivity contribution is 8.15. The minimum Gasteiger partial charge on any atom is -0.462 e. The highest BCUT2D eigenvalue weighted by Crippen LogP contribution is 2.49. The Morgan fingerprint density at radius 2 is 1.26 bits per heavy atom. The number of fused-ring (bicyclic) bond motifs is 2. The number of esters is 1. The normalized spacial score (nSPS) is 37.6. The van der Waals surface area contributed by atoms with Gasteiger partial charge in [-0.3, -0.25) is 4.79 Å². The van der Waals surface area contributed by atoms with E-state index in [1.165, 1.54) is 30.4 Å². The fourth-order valence-corrected chi connectivity index (χ4v) is 8.21. The van der Waals surface area contributed by atoms with E-state index in [4.69, 9.17) is 4.74 Å². The SMILES string of the molecule is C[C@]1(O)CCC[C@@H]2SC(c3ccccc3)=N[C@@]2(O)[C@](C)(O)COC(=O)CC[C@H]2SC(c3ccccc3)=N[C@@]21O. The van der Waals surface area contributed by atoms with Crippen LogP contribution in [-0.2, 0) is 9.53 Å². The second kappa shape index (κ2) is 10.6. The summed E-state index contributed by atoms with van der Waals surface area (Å²) in [5, 5.41) is 46.7. The van der Waals surface area contributed by atoms with E-state index in [0.717, 1.165) is 11.1 Å². The molecule has 0 saturated carbocycles. The molecule has 0 aliphatic carbocycles. The molecule has 5 rings (SSSR count). The van der Waals surface area contributed by atoms with E-state index < -0.39 is 45.7 Å². The molecule has 3 aliphatic rings. The summed E-state index contributed by atoms with van der Waals surface area (Å²) >= 11 is 2.69. The minimum absolute atomic E-state index is 0.0567. The first-order valence-electron chi connectivity index (χ1n) is 13.1. The Balaban J connectivity index is 1.46. The molecule has 0 amide bonds. The Kier molecular flexibility index (Phi) is 7.73. The molecule has 1 fully saturated rings. The van der Waals surface area contributed by atoms with Crippen molar-refractivity contribution < 1.29 is 30.0 Å². The summed E-state index contributed by atoms with van der Waals surface area (Å²) in [5.74, 6) is -0.582. The van der Waals surface area contributed by atoms with Crippen LogP contribution in [0.1, 0.15) is 57.1 Å². The van der Waals surface area contributed by atoms with Gasteiger partial charge in [0.1, 0.15) is 27.9 Å². The number of carbonyl (C=O) groups excluding carboxylic acids is 1. The van der Waals surface area contributed by atoms with Gasteiger partial charge in [-0.1, -0.05) is 84.2 Å². The molecular formula is C29H34N2O6S2. The fourth-order valence-electron chi connectivity index (χ4n) is 5.29. The van der Waals surface area contributed by atoms with Crippen LogP contribution in [0.3, 0.4) is 0 Å². The van der Waals surface area contributed by atoms with Crippen molar-refractivity contribution in [3.05, 3.63) is 71.8 Å². The molecule has 0 bridgehead atoms. The van der Waals surface area contributed by atoms with E-state index in [1.807, 2.05) is 60.7 Å². The van der Waals surface area contributed by atoms with Crippen molar-refractivity contribution >= 4 is 39.6 Å². The fraction of sp³-hybridized carbons (Fsp3) is 0.483. The molecule has 0 spiro atoms. The molecule has 10 heteroatoms. The molecule has 208 valence electrons. The topological polar surface area (TPSA) is 132 Å². The van der Waals surface area contributed by atoms with Crippen molar-refractivity contribution in [1.29, 1.82) is 0 Å². The van der Waals surface area contributed by atoms with Crippen LogP contribution in [0, 0.1) is 0 Å². The smallest absolute Gasteiger partial charge is 0.305 e. The third kappa shape index (κ3) is 5.30. The van der Waals surface area contributed by atoms with Crippen LogP contribution in [0.25, 0.3) is 0 Å². The molecule has 1 saturated heterocycles. The molecule has 2 aromatic rings. The van der Waals surface area contributed by atoms with Gasteiger partial charge in [-0.2, -0.15) is 0 Å². The molecule has 3 heterocycles. The molecule has 4 N–H and O–H groups in total. The number of hydrogen-bond acceptors (Lipinski definition) is 10. The number of cyclic esters (lactones) is 1. The quantitative estimate of drug-likeness (QED) is 0.404. The largest absolute Gasteiger partial charge is 0.462 e. The van der Waals surface area contributed by atoms with Crippen LogP contribution in [-0.4, -0.2) is 76.2 Å². The Labute approximate surface area is 236 Å². The van der Waals surface area contributed by atoms with Gasteiger partial charge in [-0.25, -0.2) is 9.98 Å². The highest BCUT2D eigenvalue weighted by Gasteiger charge is 2.58. The monoisotopic (exact) mass is 570 g/mol. The second-order valence-electron chi connectivity index (χ2n) is 10.9. The van der Waals surface area contributed by atoms with Crippen LogP contribution in [0.2, 0.25) is 0 Å². The number of thioether (sulfide) groups is 2. The third-order valence-corrected chi connectivity index (χ3v) is 10.6. The minimum atomic E-state index is -1.93. The molecule has 2 aromatic carbocycles. The van der Waals surface area contributed by atoms with E-state index >= 15 is 0 Å². The molecule has 8 nitrogen and oxygen atoms in total. The Bertz CT molecular complexity index is 1270. The van der Waals surface area contributed by atoms with Gasteiger partial charge < -0.3 is 25.2 Å². The van der Waals surface area contributed by atoms with Crippen LogP contribution >= 0.6 is 23.5 Å². The van der Waals surface area contributed by atoms with Crippen LogP contribution in [0.4, 0.5) is 0 Å². The Hall–Kier alpha value is -2.21. The van der Waals surface area contributed by atoms with Gasteiger partial charge in [0.05, 0.1) is 10.5 Å². The molecule has 0 unspecified atom stereocenters. The lowest BCUT2D eigenvalue weighted by atomic mass is 9.82. The zero-order chi connectivity index (χ0) is 27.9. The predicted octanol–water partition coefficient (Wildman–Crippen LogP) is 3.50. The first kappa shape index (κ1) is 28.3. The number of carbonyl (C=O) groups is 1. The van der Waals surface area contributed by atoms with Crippen molar-refractivity contribution in [2.75, 3.05) is 6.61 Å². The molecular weight excluding hydrogens is 536 g/mol. The third-order valence-electron chi connectivity index (χ3n) is 7.83. The highest BCUT2D eigenvalue weighted by atomic mass is 32.2. The number of ether oxygens (including phenoxy) is 1. The molecule has 0 aromatic heterocycles. The van der Waals surface area contributed by atoms with E-state index in [9.17, 15) is 25.2 Å². The van der Waals surface area contributed by atoms with Crippen LogP contribution < -0.4 is 0 Å². The number of benzene rings is 2. The number of rotatable bonds is 2. The number of hydrogen-bond donors (Lipinski definition) is 4. The summed E-state index contributed by atoms with van der Waals surface area (Å²) in [6.45, 7) is 2.56. The second-order valence-corrected chi connectivity index (χ2v) is 13.3. The van der Waals surface area contributed by atoms with Crippen LogP contribution in [0.5, 0.6) is 0 Å². The molecule has 3 aliphatic heterocycles. The zero-order valence-electron chi connectivity index (χ0n) is 22.0. The number of nitrogens with zero attached hydrogens (tertiary/aromatic N) is 2. The standard InChI is InChI=1S/C29H34N2O6S2/c1-26(33)17-9-14-21-29(36,31-25(38-21)20-12-7-4-8-13-20)27(2,34)18-37-23(32)16-15-22-28(26,35)30-24(39-22)19-10-5-3-6-11-19/h3-8,10-13,21-22,33-36H,9,14-18H2,1-2H3/t21-,22+,26-,27+,28+,29-/m0/s1. The van der Waals surface area contributed by atoms with Gasteiger partial charge in [0.15, 0.2) is 5.72 Å². The lowest BCUT2D eigenvalue weighted by Crippen LogP contribution is -2.59. The van der Waals surface area contributed by atoms with Gasteiger partial charge in [0.25, 0.3) is 0 Å². The van der Waals surface area contributed by atoms with Gasteiger partial charge >= 0.3 is 5.97 Å². The molecule has 0 radical (unpaired) electrons.